The van der Waals surface area contributed by atoms with E-state index in [4.69, 9.17) is 4.74 Å². The molecule has 2 aromatic carbocycles. The lowest BCUT2D eigenvalue weighted by molar-refractivity contribution is 0.415. The number of hydrogen-bond donors (Lipinski definition) is 0. The molecule has 0 saturated heterocycles. The van der Waals surface area contributed by atoms with Gasteiger partial charge in [-0.15, -0.1) is 5.70 Å². The highest BCUT2D eigenvalue weighted by Gasteiger charge is 2.13. The van der Waals surface area contributed by atoms with Crippen LogP contribution in [0.4, 0.5) is 0 Å². The monoisotopic (exact) mass is 298 g/mol. The molecule has 0 fully saturated rings. The second kappa shape index (κ2) is 5.65. The van der Waals surface area contributed by atoms with Crippen LogP contribution in [0.15, 0.2) is 78.5 Å². The first kappa shape index (κ1) is 13.6. The molecule has 0 aromatic heterocycles. The summed E-state index contributed by atoms with van der Waals surface area (Å²) in [4.78, 5) is 0. The van der Waals surface area contributed by atoms with E-state index in [-0.39, 0.29) is 0 Å². The average Bonchev–Trinajstić information content (AvgIpc) is 3.11. The highest BCUT2D eigenvalue weighted by molar-refractivity contribution is 6.00. The van der Waals surface area contributed by atoms with Crippen LogP contribution < -0.4 is 4.74 Å². The van der Waals surface area contributed by atoms with Crippen LogP contribution in [0.5, 0.6) is 5.75 Å². The lowest BCUT2D eigenvalue weighted by atomic mass is 9.93. The molecule has 2 aromatic rings. The standard InChI is InChI=1S/C21H16NO/c1-23-17-11-9-16(10-12-17)18-7-4-8-20(18)21-19-6-3-2-5-15(19)13-14-22-21/h2-14H,1H3/q-1/b21-20-. The summed E-state index contributed by atoms with van der Waals surface area (Å²) in [6, 6.07) is 16.5. The van der Waals surface area contributed by atoms with Crippen LogP contribution >= 0.6 is 0 Å². The smallest absolute Gasteiger partial charge is 0.118 e. The Morgan fingerprint density at radius 2 is 1.74 bits per heavy atom. The molecule has 0 bridgehead atoms. The van der Waals surface area contributed by atoms with Crippen molar-refractivity contribution in [3.63, 3.8) is 0 Å². The van der Waals surface area contributed by atoms with Gasteiger partial charge in [-0.2, -0.15) is 6.20 Å². The van der Waals surface area contributed by atoms with E-state index in [1.165, 1.54) is 22.3 Å². The Balaban J connectivity index is 1.81. The van der Waals surface area contributed by atoms with Crippen LogP contribution in [-0.4, -0.2) is 7.11 Å². The summed E-state index contributed by atoms with van der Waals surface area (Å²) < 4.78 is 5.25. The molecule has 1 aliphatic carbocycles. The number of ether oxygens (including phenoxy) is 1. The minimum Gasteiger partial charge on any atom is -0.663 e. The third-order valence-electron chi connectivity index (χ3n) is 4.15. The van der Waals surface area contributed by atoms with Crippen molar-refractivity contribution in [3.8, 4) is 5.75 Å². The van der Waals surface area contributed by atoms with Gasteiger partial charge >= 0.3 is 0 Å². The zero-order chi connectivity index (χ0) is 15.6. The van der Waals surface area contributed by atoms with Crippen LogP contribution in [0.2, 0.25) is 0 Å². The summed E-state index contributed by atoms with van der Waals surface area (Å²) >= 11 is 0. The zero-order valence-electron chi connectivity index (χ0n) is 12.9. The third kappa shape index (κ3) is 2.38. The first-order valence-corrected chi connectivity index (χ1v) is 7.61. The first-order chi connectivity index (χ1) is 11.4. The van der Waals surface area contributed by atoms with Crippen molar-refractivity contribution >= 4 is 17.3 Å². The van der Waals surface area contributed by atoms with Crippen molar-refractivity contribution in [2.75, 3.05) is 7.11 Å². The van der Waals surface area contributed by atoms with Crippen LogP contribution in [0.1, 0.15) is 16.7 Å². The number of hydrogen-bond acceptors (Lipinski definition) is 1. The van der Waals surface area contributed by atoms with Crippen molar-refractivity contribution in [2.45, 2.75) is 0 Å². The van der Waals surface area contributed by atoms with Gasteiger partial charge in [0, 0.05) is 0 Å². The zero-order valence-corrected chi connectivity index (χ0v) is 12.9. The Morgan fingerprint density at radius 3 is 2.57 bits per heavy atom. The maximum atomic E-state index is 5.25. The number of allylic oxidation sites excluding steroid dienone is 5. The highest BCUT2D eigenvalue weighted by Crippen LogP contribution is 2.40. The molecule has 1 aliphatic heterocycles. The third-order valence-corrected chi connectivity index (χ3v) is 4.15. The normalized spacial score (nSPS) is 18.4. The van der Waals surface area contributed by atoms with Gasteiger partial charge in [-0.1, -0.05) is 60.7 Å². The predicted molar refractivity (Wildman–Crippen MR) is 95.9 cm³/mol. The molecule has 0 atom stereocenters. The SMILES string of the molecule is COc1ccc(C2=CC=C/C2=C2/[N-]C=Cc3ccccc32)cc1. The molecule has 0 spiro atoms. The van der Waals surface area contributed by atoms with Crippen LogP contribution in [0.3, 0.4) is 0 Å². The Hall–Kier alpha value is -3.00. The number of fused-ring (bicyclic) bond motifs is 1. The Morgan fingerprint density at radius 1 is 0.913 bits per heavy atom. The molecular formula is C21H16NO-. The molecule has 0 radical (unpaired) electrons. The fourth-order valence-electron chi connectivity index (χ4n) is 2.98. The van der Waals surface area contributed by atoms with E-state index >= 15 is 0 Å². The summed E-state index contributed by atoms with van der Waals surface area (Å²) in [6.07, 6.45) is 10.3. The van der Waals surface area contributed by atoms with E-state index in [0.29, 0.717) is 0 Å². The van der Waals surface area contributed by atoms with Gasteiger partial charge in [0.15, 0.2) is 0 Å². The van der Waals surface area contributed by atoms with Crippen molar-refractivity contribution in [1.82, 2.24) is 0 Å². The summed E-state index contributed by atoms with van der Waals surface area (Å²) in [5.74, 6) is 0.866. The lowest BCUT2D eigenvalue weighted by Gasteiger charge is -2.31. The molecule has 0 amide bonds. The average molecular weight is 298 g/mol. The minimum atomic E-state index is 0.866. The van der Waals surface area contributed by atoms with Crippen LogP contribution in [-0.2, 0) is 0 Å². The lowest BCUT2D eigenvalue weighted by Crippen LogP contribution is -1.96. The molecule has 2 nitrogen and oxygen atoms in total. The van der Waals surface area contributed by atoms with E-state index in [2.05, 4.69) is 66.0 Å². The van der Waals surface area contributed by atoms with Gasteiger partial charge < -0.3 is 10.1 Å². The predicted octanol–water partition coefficient (Wildman–Crippen LogP) is 5.42. The molecule has 2 heteroatoms. The quantitative estimate of drug-likeness (QED) is 0.726. The van der Waals surface area contributed by atoms with Crippen LogP contribution in [0.25, 0.3) is 22.7 Å². The largest absolute Gasteiger partial charge is 0.663 e. The summed E-state index contributed by atoms with van der Waals surface area (Å²) in [7, 11) is 1.68. The highest BCUT2D eigenvalue weighted by atomic mass is 16.5. The maximum absolute atomic E-state index is 5.25. The Bertz CT molecular complexity index is 867. The van der Waals surface area contributed by atoms with Gasteiger partial charge in [-0.25, -0.2) is 0 Å². The number of methoxy groups -OCH3 is 1. The Labute approximate surface area is 136 Å². The molecular weight excluding hydrogens is 282 g/mol. The minimum absolute atomic E-state index is 0.866. The topological polar surface area (TPSA) is 23.3 Å². The summed E-state index contributed by atoms with van der Waals surface area (Å²) in [5.41, 5.74) is 6.93. The molecule has 23 heavy (non-hydrogen) atoms. The Kier molecular flexibility index (Phi) is 3.35. The van der Waals surface area contributed by atoms with Gasteiger partial charge in [-0.05, 0) is 40.0 Å². The summed E-state index contributed by atoms with van der Waals surface area (Å²) in [6.45, 7) is 0. The van der Waals surface area contributed by atoms with Crippen molar-refractivity contribution in [3.05, 3.63) is 101 Å². The van der Waals surface area contributed by atoms with Gasteiger partial charge in [-0.3, -0.25) is 0 Å². The molecule has 0 N–H and O–H groups in total. The summed E-state index contributed by atoms with van der Waals surface area (Å²) in [5, 5.41) is 4.64. The van der Waals surface area contributed by atoms with Crippen molar-refractivity contribution in [2.24, 2.45) is 0 Å². The van der Waals surface area contributed by atoms with E-state index in [9.17, 15) is 0 Å². The number of nitrogens with zero attached hydrogens (tertiary/aromatic N) is 1. The van der Waals surface area contributed by atoms with E-state index in [1.807, 2.05) is 18.3 Å². The fourth-order valence-corrected chi connectivity index (χ4v) is 2.98. The van der Waals surface area contributed by atoms with Crippen LogP contribution in [0, 0.1) is 0 Å². The maximum Gasteiger partial charge on any atom is 0.118 e. The van der Waals surface area contributed by atoms with E-state index in [1.54, 1.807) is 7.11 Å². The van der Waals surface area contributed by atoms with E-state index < -0.39 is 0 Å². The van der Waals surface area contributed by atoms with Gasteiger partial charge in [0.05, 0.1) is 7.11 Å². The van der Waals surface area contributed by atoms with Gasteiger partial charge in [0.2, 0.25) is 0 Å². The molecule has 112 valence electrons. The fraction of sp³-hybridized carbons (Fsp3) is 0.0476. The molecule has 2 aliphatic rings. The second-order valence-corrected chi connectivity index (χ2v) is 5.46. The van der Waals surface area contributed by atoms with Gasteiger partial charge in [0.1, 0.15) is 5.75 Å². The number of rotatable bonds is 2. The van der Waals surface area contributed by atoms with Crippen molar-refractivity contribution < 1.29 is 4.74 Å². The molecule has 1 heterocycles. The molecule has 0 unspecified atom stereocenters. The second-order valence-electron chi connectivity index (χ2n) is 5.46. The van der Waals surface area contributed by atoms with Gasteiger partial charge in [0.25, 0.3) is 0 Å². The number of benzene rings is 2. The molecule has 4 rings (SSSR count). The van der Waals surface area contributed by atoms with E-state index in [0.717, 1.165) is 17.0 Å². The first-order valence-electron chi connectivity index (χ1n) is 7.61. The van der Waals surface area contributed by atoms with Crippen molar-refractivity contribution in [1.29, 1.82) is 0 Å². The molecule has 0 saturated carbocycles.